The Bertz CT molecular complexity index is 146. The molecule has 2 amide bonds. The van der Waals surface area contributed by atoms with Gasteiger partial charge in [0.2, 0.25) is 0 Å². The standard InChI is InChI=1S/C6H13N3O/c1-5-4-9(8(2)3)6(10)7-5/h5H,4H2,1-3H3,(H,7,10). The average Bonchev–Trinajstić information content (AvgIpc) is 2.10. The van der Waals surface area contributed by atoms with Crippen LogP contribution < -0.4 is 5.32 Å². The van der Waals surface area contributed by atoms with Crippen molar-refractivity contribution < 1.29 is 4.79 Å². The maximum absolute atomic E-state index is 11.0. The minimum absolute atomic E-state index is 0.00231. The van der Waals surface area contributed by atoms with Crippen LogP contribution in [0, 0.1) is 0 Å². The number of urea groups is 1. The summed E-state index contributed by atoms with van der Waals surface area (Å²) >= 11 is 0. The van der Waals surface area contributed by atoms with Gasteiger partial charge in [0.05, 0.1) is 6.54 Å². The van der Waals surface area contributed by atoms with E-state index in [-0.39, 0.29) is 12.1 Å². The molecule has 58 valence electrons. The quantitative estimate of drug-likeness (QED) is 0.555. The third-order valence-electron chi connectivity index (χ3n) is 1.53. The van der Waals surface area contributed by atoms with Crippen LogP contribution in [0.2, 0.25) is 0 Å². The number of hydrogen-bond acceptors (Lipinski definition) is 2. The highest BCUT2D eigenvalue weighted by molar-refractivity contribution is 5.76. The van der Waals surface area contributed by atoms with Gasteiger partial charge in [-0.1, -0.05) is 0 Å². The molecule has 1 fully saturated rings. The van der Waals surface area contributed by atoms with Crippen LogP contribution in [0.4, 0.5) is 4.79 Å². The van der Waals surface area contributed by atoms with Gasteiger partial charge in [-0.2, -0.15) is 0 Å². The largest absolute Gasteiger partial charge is 0.333 e. The molecule has 4 heteroatoms. The van der Waals surface area contributed by atoms with Gasteiger partial charge in [-0.15, -0.1) is 0 Å². The number of nitrogens with zero attached hydrogens (tertiary/aromatic N) is 2. The topological polar surface area (TPSA) is 35.6 Å². The lowest BCUT2D eigenvalue weighted by Crippen LogP contribution is -2.39. The Morgan fingerprint density at radius 2 is 2.30 bits per heavy atom. The summed E-state index contributed by atoms with van der Waals surface area (Å²) in [5.74, 6) is 0. The first-order valence-electron chi connectivity index (χ1n) is 3.36. The second kappa shape index (κ2) is 2.46. The van der Waals surface area contributed by atoms with Crippen molar-refractivity contribution in [3.63, 3.8) is 0 Å². The van der Waals surface area contributed by atoms with Crippen LogP contribution in [-0.4, -0.2) is 42.7 Å². The lowest BCUT2D eigenvalue weighted by molar-refractivity contribution is 0.0842. The van der Waals surface area contributed by atoms with E-state index in [1.54, 1.807) is 10.0 Å². The molecule has 0 aromatic carbocycles. The maximum atomic E-state index is 11.0. The molecule has 1 aliphatic heterocycles. The highest BCUT2D eigenvalue weighted by Gasteiger charge is 2.26. The van der Waals surface area contributed by atoms with Crippen LogP contribution in [0.15, 0.2) is 0 Å². The van der Waals surface area contributed by atoms with E-state index in [2.05, 4.69) is 5.32 Å². The SMILES string of the molecule is CC1CN(N(C)C)C(=O)N1. The highest BCUT2D eigenvalue weighted by Crippen LogP contribution is 2.03. The first-order valence-corrected chi connectivity index (χ1v) is 3.36. The Kier molecular flexibility index (Phi) is 1.80. The summed E-state index contributed by atoms with van der Waals surface area (Å²) in [4.78, 5) is 11.0. The van der Waals surface area contributed by atoms with Crippen LogP contribution in [0.5, 0.6) is 0 Å². The number of carbonyl (C=O) groups excluding carboxylic acids is 1. The van der Waals surface area contributed by atoms with Crippen molar-refractivity contribution in [1.29, 1.82) is 0 Å². The minimum atomic E-state index is -0.00231. The first kappa shape index (κ1) is 7.34. The molecule has 0 spiro atoms. The van der Waals surface area contributed by atoms with Gasteiger partial charge >= 0.3 is 6.03 Å². The number of amides is 2. The van der Waals surface area contributed by atoms with Crippen LogP contribution in [0.1, 0.15) is 6.92 Å². The van der Waals surface area contributed by atoms with Gasteiger partial charge < -0.3 is 5.32 Å². The van der Waals surface area contributed by atoms with E-state index in [9.17, 15) is 4.79 Å². The number of nitrogens with one attached hydrogen (secondary N) is 1. The number of hydrazine groups is 1. The molecule has 0 aromatic heterocycles. The van der Waals surface area contributed by atoms with Crippen molar-refractivity contribution in [3.05, 3.63) is 0 Å². The molecule has 1 heterocycles. The summed E-state index contributed by atoms with van der Waals surface area (Å²) in [5.41, 5.74) is 0. The van der Waals surface area contributed by atoms with E-state index in [1.807, 2.05) is 21.0 Å². The van der Waals surface area contributed by atoms with E-state index in [4.69, 9.17) is 0 Å². The molecule has 4 nitrogen and oxygen atoms in total. The normalized spacial score (nSPS) is 25.8. The minimum Gasteiger partial charge on any atom is -0.333 e. The summed E-state index contributed by atoms with van der Waals surface area (Å²) in [7, 11) is 3.72. The lowest BCUT2D eigenvalue weighted by atomic mass is 10.4. The third kappa shape index (κ3) is 1.21. The van der Waals surface area contributed by atoms with E-state index in [1.165, 1.54) is 0 Å². The molecule has 0 bridgehead atoms. The molecular formula is C6H13N3O. The summed E-state index contributed by atoms with van der Waals surface area (Å²) in [6.07, 6.45) is 0. The Morgan fingerprint density at radius 3 is 2.50 bits per heavy atom. The molecule has 1 saturated heterocycles. The molecular weight excluding hydrogens is 130 g/mol. The molecule has 1 atom stereocenters. The number of rotatable bonds is 1. The van der Waals surface area contributed by atoms with Crippen molar-refractivity contribution in [2.45, 2.75) is 13.0 Å². The summed E-state index contributed by atoms with van der Waals surface area (Å²) in [5, 5.41) is 6.26. The Balaban J connectivity index is 2.55. The van der Waals surface area contributed by atoms with E-state index in [0.717, 1.165) is 6.54 Å². The fourth-order valence-corrected chi connectivity index (χ4v) is 1.02. The van der Waals surface area contributed by atoms with E-state index in [0.29, 0.717) is 0 Å². The molecule has 10 heavy (non-hydrogen) atoms. The summed E-state index contributed by atoms with van der Waals surface area (Å²) in [6, 6.07) is 0.271. The Labute approximate surface area is 60.8 Å². The first-order chi connectivity index (χ1) is 4.61. The van der Waals surface area contributed by atoms with Crippen LogP contribution in [-0.2, 0) is 0 Å². The van der Waals surface area contributed by atoms with Crippen molar-refractivity contribution >= 4 is 6.03 Å². The van der Waals surface area contributed by atoms with Crippen molar-refractivity contribution in [1.82, 2.24) is 15.3 Å². The zero-order valence-electron chi connectivity index (χ0n) is 6.59. The van der Waals surface area contributed by atoms with Gasteiger partial charge in [0, 0.05) is 20.1 Å². The third-order valence-corrected chi connectivity index (χ3v) is 1.53. The zero-order valence-corrected chi connectivity index (χ0v) is 6.59. The molecule has 1 unspecified atom stereocenters. The second-order valence-electron chi connectivity index (χ2n) is 2.78. The Morgan fingerprint density at radius 1 is 1.70 bits per heavy atom. The zero-order chi connectivity index (χ0) is 7.72. The lowest BCUT2D eigenvalue weighted by Gasteiger charge is -2.21. The highest BCUT2D eigenvalue weighted by atomic mass is 16.2. The predicted octanol–water partition coefficient (Wildman–Crippen LogP) is -0.123. The van der Waals surface area contributed by atoms with Crippen molar-refractivity contribution in [2.75, 3.05) is 20.6 Å². The van der Waals surface area contributed by atoms with Gasteiger partial charge in [-0.3, -0.25) is 5.01 Å². The van der Waals surface area contributed by atoms with Gasteiger partial charge in [0.25, 0.3) is 0 Å². The second-order valence-corrected chi connectivity index (χ2v) is 2.78. The number of carbonyl (C=O) groups is 1. The van der Waals surface area contributed by atoms with Crippen LogP contribution >= 0.6 is 0 Å². The Hall–Kier alpha value is -0.770. The number of hydrogen-bond donors (Lipinski definition) is 1. The molecule has 1 aliphatic rings. The van der Waals surface area contributed by atoms with Crippen LogP contribution in [0.3, 0.4) is 0 Å². The van der Waals surface area contributed by atoms with E-state index >= 15 is 0 Å². The molecule has 0 saturated carbocycles. The summed E-state index contributed by atoms with van der Waals surface area (Å²) < 4.78 is 0. The van der Waals surface area contributed by atoms with Gasteiger partial charge in [-0.05, 0) is 6.92 Å². The average molecular weight is 143 g/mol. The molecule has 0 aliphatic carbocycles. The fourth-order valence-electron chi connectivity index (χ4n) is 1.02. The van der Waals surface area contributed by atoms with Gasteiger partial charge in [0.15, 0.2) is 0 Å². The smallest absolute Gasteiger partial charge is 0.332 e. The fraction of sp³-hybridized carbons (Fsp3) is 0.833. The predicted molar refractivity (Wildman–Crippen MR) is 38.4 cm³/mol. The maximum Gasteiger partial charge on any atom is 0.332 e. The molecule has 0 radical (unpaired) electrons. The molecule has 0 aromatic rings. The van der Waals surface area contributed by atoms with Crippen molar-refractivity contribution in [3.8, 4) is 0 Å². The monoisotopic (exact) mass is 143 g/mol. The van der Waals surface area contributed by atoms with Gasteiger partial charge in [-0.25, -0.2) is 9.80 Å². The molecule has 1 N–H and O–H groups in total. The summed E-state index contributed by atoms with van der Waals surface area (Å²) in [6.45, 7) is 2.76. The molecule has 1 rings (SSSR count). The van der Waals surface area contributed by atoms with Crippen LogP contribution in [0.25, 0.3) is 0 Å². The van der Waals surface area contributed by atoms with E-state index < -0.39 is 0 Å². The van der Waals surface area contributed by atoms with Gasteiger partial charge in [0.1, 0.15) is 0 Å². The van der Waals surface area contributed by atoms with Crippen molar-refractivity contribution in [2.24, 2.45) is 0 Å².